The normalized spacial score (nSPS) is 10.3. The zero-order valence-corrected chi connectivity index (χ0v) is 15.6. The fourth-order valence-corrected chi connectivity index (χ4v) is 3.73. The van der Waals surface area contributed by atoms with Crippen molar-refractivity contribution in [1.29, 1.82) is 0 Å². The van der Waals surface area contributed by atoms with Crippen LogP contribution >= 0.6 is 22.7 Å². The molecule has 3 N–H and O–H groups in total. The Balaban J connectivity index is 1.56. The minimum absolute atomic E-state index is 0.272. The molecule has 3 rings (SSSR count). The Bertz CT molecular complexity index is 891. The van der Waals surface area contributed by atoms with Crippen LogP contribution in [0.3, 0.4) is 0 Å². The van der Waals surface area contributed by atoms with Crippen LogP contribution in [-0.4, -0.2) is 22.1 Å². The minimum atomic E-state index is -0.363. The molecule has 3 aromatic rings. The Morgan fingerprint density at radius 1 is 0.962 bits per heavy atom. The van der Waals surface area contributed by atoms with Crippen LogP contribution < -0.4 is 16.0 Å². The smallest absolute Gasteiger partial charge is 0.308 e. The number of anilines is 3. The van der Waals surface area contributed by atoms with Gasteiger partial charge in [0.1, 0.15) is 5.01 Å². The number of aryl methyl sites for hydroxylation is 1. The molecule has 2 heterocycles. The number of nitrogens with zero attached hydrogens (tertiary/aromatic N) is 2. The molecule has 0 spiro atoms. The Hall–Kier alpha value is -2.78. The van der Waals surface area contributed by atoms with E-state index in [1.165, 1.54) is 22.7 Å². The van der Waals surface area contributed by atoms with E-state index in [1.807, 2.05) is 18.2 Å². The fourth-order valence-electron chi connectivity index (χ4n) is 2.10. The summed E-state index contributed by atoms with van der Waals surface area (Å²) in [6.07, 6.45) is 1.82. The van der Waals surface area contributed by atoms with Crippen molar-refractivity contribution in [2.24, 2.45) is 0 Å². The summed E-state index contributed by atoms with van der Waals surface area (Å²) in [5, 5.41) is 18.1. The van der Waals surface area contributed by atoms with Crippen LogP contribution in [0, 0.1) is 0 Å². The van der Waals surface area contributed by atoms with Gasteiger partial charge in [0.2, 0.25) is 5.13 Å². The molecule has 0 fully saturated rings. The molecule has 0 aliphatic heterocycles. The van der Waals surface area contributed by atoms with E-state index in [2.05, 4.69) is 33.1 Å². The van der Waals surface area contributed by atoms with Gasteiger partial charge in [0, 0.05) is 12.1 Å². The van der Waals surface area contributed by atoms with Gasteiger partial charge in [-0.05, 0) is 30.7 Å². The summed E-state index contributed by atoms with van der Waals surface area (Å²) in [5.74, 6) is -0.272. The lowest BCUT2D eigenvalue weighted by atomic mass is 10.3. The van der Waals surface area contributed by atoms with E-state index in [0.29, 0.717) is 20.7 Å². The zero-order chi connectivity index (χ0) is 18.4. The number of para-hydroxylation sites is 1. The van der Waals surface area contributed by atoms with Gasteiger partial charge in [0.15, 0.2) is 0 Å². The van der Waals surface area contributed by atoms with Crippen LogP contribution in [-0.2, 0) is 6.42 Å². The summed E-state index contributed by atoms with van der Waals surface area (Å²) >= 11 is 2.56. The number of hydrogen-bond donors (Lipinski definition) is 3. The van der Waals surface area contributed by atoms with Gasteiger partial charge in [-0.25, -0.2) is 4.79 Å². The number of thiophene rings is 1. The van der Waals surface area contributed by atoms with Gasteiger partial charge in [-0.15, -0.1) is 21.5 Å². The van der Waals surface area contributed by atoms with Crippen molar-refractivity contribution in [1.82, 2.24) is 10.2 Å². The fraction of sp³-hybridized carbons (Fsp3) is 0.176. The number of aromatic nitrogens is 2. The molecular weight excluding hydrogens is 370 g/mol. The molecule has 0 aliphatic rings. The topological polar surface area (TPSA) is 96.0 Å². The Morgan fingerprint density at radius 2 is 1.77 bits per heavy atom. The minimum Gasteiger partial charge on any atom is -0.308 e. The maximum atomic E-state index is 12.3. The van der Waals surface area contributed by atoms with Crippen LogP contribution in [0.25, 0.3) is 0 Å². The van der Waals surface area contributed by atoms with E-state index in [0.717, 1.165) is 17.8 Å². The molecule has 0 saturated heterocycles. The van der Waals surface area contributed by atoms with Gasteiger partial charge in [0.25, 0.3) is 5.91 Å². The molecule has 0 bridgehead atoms. The number of carbonyl (C=O) groups excluding carboxylic acids is 2. The van der Waals surface area contributed by atoms with Crippen LogP contribution in [0.2, 0.25) is 0 Å². The number of carbonyl (C=O) groups is 2. The van der Waals surface area contributed by atoms with Crippen LogP contribution in [0.4, 0.5) is 20.6 Å². The van der Waals surface area contributed by atoms with E-state index in [1.54, 1.807) is 24.3 Å². The van der Waals surface area contributed by atoms with Gasteiger partial charge in [-0.1, -0.05) is 36.5 Å². The van der Waals surface area contributed by atoms with Gasteiger partial charge >= 0.3 is 6.03 Å². The molecule has 0 radical (unpaired) electrons. The Kier molecular flexibility index (Phi) is 5.92. The second kappa shape index (κ2) is 8.54. The van der Waals surface area contributed by atoms with Crippen molar-refractivity contribution in [3.05, 3.63) is 52.3 Å². The zero-order valence-electron chi connectivity index (χ0n) is 14.0. The van der Waals surface area contributed by atoms with Gasteiger partial charge in [0.05, 0.1) is 9.88 Å². The summed E-state index contributed by atoms with van der Waals surface area (Å²) in [4.78, 5) is 24.7. The van der Waals surface area contributed by atoms with E-state index in [4.69, 9.17) is 0 Å². The number of amides is 3. The van der Waals surface area contributed by atoms with Crippen molar-refractivity contribution < 1.29 is 9.59 Å². The summed E-state index contributed by atoms with van der Waals surface area (Å²) < 4.78 is 0. The predicted molar refractivity (Wildman–Crippen MR) is 105 cm³/mol. The van der Waals surface area contributed by atoms with Crippen LogP contribution in [0.5, 0.6) is 0 Å². The average molecular weight is 387 g/mol. The quantitative estimate of drug-likeness (QED) is 0.582. The largest absolute Gasteiger partial charge is 0.324 e. The maximum Gasteiger partial charge on any atom is 0.324 e. The second-order valence-corrected chi connectivity index (χ2v) is 7.46. The lowest BCUT2D eigenvalue weighted by Gasteiger charge is -2.05. The molecule has 2 aromatic heterocycles. The third-order valence-corrected chi connectivity index (χ3v) is 5.15. The molecule has 134 valence electrons. The number of urea groups is 1. The van der Waals surface area contributed by atoms with E-state index in [9.17, 15) is 9.59 Å². The first-order valence-electron chi connectivity index (χ1n) is 8.00. The molecule has 26 heavy (non-hydrogen) atoms. The van der Waals surface area contributed by atoms with Crippen molar-refractivity contribution in [2.75, 3.05) is 16.0 Å². The molecule has 0 aliphatic carbocycles. The lowest BCUT2D eigenvalue weighted by molar-refractivity contribution is 0.103. The summed E-state index contributed by atoms with van der Waals surface area (Å²) in [6, 6.07) is 12.1. The summed E-state index contributed by atoms with van der Waals surface area (Å²) in [5.41, 5.74) is 0.693. The summed E-state index contributed by atoms with van der Waals surface area (Å²) in [7, 11) is 0. The highest BCUT2D eigenvalue weighted by atomic mass is 32.1. The van der Waals surface area contributed by atoms with Crippen LogP contribution in [0.1, 0.15) is 28.0 Å². The average Bonchev–Trinajstić information content (AvgIpc) is 3.26. The maximum absolute atomic E-state index is 12.3. The van der Waals surface area contributed by atoms with Crippen molar-refractivity contribution >= 4 is 50.4 Å². The Morgan fingerprint density at radius 3 is 2.54 bits per heavy atom. The first-order valence-corrected chi connectivity index (χ1v) is 9.64. The highest BCUT2D eigenvalue weighted by molar-refractivity contribution is 7.18. The van der Waals surface area contributed by atoms with Crippen LogP contribution in [0.15, 0.2) is 42.5 Å². The number of hydrogen-bond acceptors (Lipinski definition) is 6. The molecule has 3 amide bonds. The Labute approximate surface area is 158 Å². The van der Waals surface area contributed by atoms with Gasteiger partial charge in [-0.2, -0.15) is 0 Å². The number of rotatable bonds is 6. The third-order valence-electron chi connectivity index (χ3n) is 3.25. The molecular formula is C17H17N5O2S2. The molecule has 9 heteroatoms. The second-order valence-electron chi connectivity index (χ2n) is 5.31. The molecule has 1 aromatic carbocycles. The van der Waals surface area contributed by atoms with Gasteiger partial charge in [-0.3, -0.25) is 15.4 Å². The monoisotopic (exact) mass is 387 g/mol. The molecule has 7 nitrogen and oxygen atoms in total. The SMILES string of the molecule is CCCc1nnc(NC(=O)c2ccc(NC(=O)Nc3ccccc3)s2)s1. The van der Waals surface area contributed by atoms with Crippen molar-refractivity contribution in [3.8, 4) is 0 Å². The number of nitrogens with one attached hydrogen (secondary N) is 3. The number of benzene rings is 1. The third kappa shape index (κ3) is 4.87. The predicted octanol–water partition coefficient (Wildman–Crippen LogP) is 4.45. The molecule has 0 saturated carbocycles. The van der Waals surface area contributed by atoms with Crippen molar-refractivity contribution in [3.63, 3.8) is 0 Å². The molecule has 0 unspecified atom stereocenters. The van der Waals surface area contributed by atoms with E-state index in [-0.39, 0.29) is 11.9 Å². The van der Waals surface area contributed by atoms with E-state index < -0.39 is 0 Å². The summed E-state index contributed by atoms with van der Waals surface area (Å²) in [6.45, 7) is 2.06. The van der Waals surface area contributed by atoms with Crippen molar-refractivity contribution in [2.45, 2.75) is 19.8 Å². The first-order chi connectivity index (χ1) is 12.6. The first kappa shape index (κ1) is 18.0. The highest BCUT2D eigenvalue weighted by Gasteiger charge is 2.13. The van der Waals surface area contributed by atoms with E-state index >= 15 is 0 Å². The van der Waals surface area contributed by atoms with Gasteiger partial charge < -0.3 is 5.32 Å². The highest BCUT2D eigenvalue weighted by Crippen LogP contribution is 2.24. The lowest BCUT2D eigenvalue weighted by Crippen LogP contribution is -2.18. The standard InChI is InChI=1S/C17H17N5O2S2/c1-2-6-14-21-22-17(26-14)20-15(23)12-9-10-13(25-12)19-16(24)18-11-7-4-3-5-8-11/h3-5,7-10H,2,6H2,1H3,(H2,18,19,24)(H,20,22,23). The molecule has 0 atom stereocenters.